The summed E-state index contributed by atoms with van der Waals surface area (Å²) in [7, 11) is 0. The predicted molar refractivity (Wildman–Crippen MR) is 202 cm³/mol. The molecule has 0 bridgehead atoms. The van der Waals surface area contributed by atoms with Crippen LogP contribution in [0, 0.1) is 28.1 Å². The van der Waals surface area contributed by atoms with Crippen molar-refractivity contribution in [1.82, 2.24) is 26.2 Å². The lowest BCUT2D eigenvalue weighted by molar-refractivity contribution is -0.146. The van der Waals surface area contributed by atoms with E-state index in [1.54, 1.807) is 4.90 Å². The van der Waals surface area contributed by atoms with Gasteiger partial charge >= 0.3 is 6.03 Å². The second kappa shape index (κ2) is 14.7. The molecule has 4 aliphatic carbocycles. The van der Waals surface area contributed by atoms with Crippen LogP contribution in [0.4, 0.5) is 4.79 Å². The van der Waals surface area contributed by atoms with Gasteiger partial charge in [0.05, 0.1) is 11.6 Å². The van der Waals surface area contributed by atoms with E-state index in [1.807, 2.05) is 6.92 Å². The Hall–Kier alpha value is -2.98. The highest BCUT2D eigenvalue weighted by Gasteiger charge is 2.62. The summed E-state index contributed by atoms with van der Waals surface area (Å²) in [6.45, 7) is 15.4. The summed E-state index contributed by atoms with van der Waals surface area (Å²) in [6, 6.07) is -2.87. The van der Waals surface area contributed by atoms with Crippen LogP contribution in [0.25, 0.3) is 0 Å². The van der Waals surface area contributed by atoms with Gasteiger partial charge in [-0.05, 0) is 74.0 Å². The second-order valence-electron chi connectivity index (χ2n) is 19.4. The monoisotopic (exact) mass is 723 g/mol. The topological polar surface area (TPSA) is 149 Å². The third kappa shape index (κ3) is 7.94. The van der Waals surface area contributed by atoms with Crippen molar-refractivity contribution in [3.05, 3.63) is 0 Å². The zero-order chi connectivity index (χ0) is 37.6. The lowest BCUT2D eigenvalue weighted by Gasteiger charge is -2.49. The highest BCUT2D eigenvalue weighted by Crippen LogP contribution is 2.57. The van der Waals surface area contributed by atoms with Gasteiger partial charge in [-0.3, -0.25) is 24.2 Å². The summed E-state index contributed by atoms with van der Waals surface area (Å²) < 4.78 is 0. The average molecular weight is 723 g/mol. The molecule has 0 spiro atoms. The number of hydrogen-bond acceptors (Lipinski definition) is 6. The number of ketones is 1. The first kappa shape index (κ1) is 38.7. The van der Waals surface area contributed by atoms with Gasteiger partial charge in [0.1, 0.15) is 18.1 Å². The number of fused-ring (bicyclic) bond motifs is 1. The molecule has 2 aliphatic heterocycles. The summed E-state index contributed by atoms with van der Waals surface area (Å²) in [6.07, 6.45) is 14.0. The molecule has 0 radical (unpaired) electrons. The van der Waals surface area contributed by atoms with Crippen molar-refractivity contribution >= 4 is 35.2 Å². The number of nitrogens with one attached hydrogen (secondary N) is 4. The van der Waals surface area contributed by atoms with Gasteiger partial charge in [-0.25, -0.2) is 4.79 Å². The first-order valence-corrected chi connectivity index (χ1v) is 20.6. The Morgan fingerprint density at radius 2 is 1.54 bits per heavy atom. The van der Waals surface area contributed by atoms with Gasteiger partial charge in [-0.2, -0.15) is 0 Å². The van der Waals surface area contributed by atoms with Crippen molar-refractivity contribution in [2.45, 2.75) is 187 Å². The van der Waals surface area contributed by atoms with Crippen LogP contribution in [0.2, 0.25) is 0 Å². The van der Waals surface area contributed by atoms with Crippen LogP contribution in [-0.2, 0) is 19.2 Å². The molecule has 6 unspecified atom stereocenters. The molecule has 6 atom stereocenters. The maximum absolute atomic E-state index is 15.1. The van der Waals surface area contributed by atoms with Crippen LogP contribution in [0.1, 0.15) is 151 Å². The smallest absolute Gasteiger partial charge is 0.315 e. The van der Waals surface area contributed by atoms with Crippen molar-refractivity contribution < 1.29 is 24.0 Å². The molecule has 1 saturated heterocycles. The normalized spacial score (nSPS) is 29.7. The number of hydrogen-bond donors (Lipinski definition) is 4. The van der Waals surface area contributed by atoms with Gasteiger partial charge in [0.25, 0.3) is 5.91 Å². The minimum absolute atomic E-state index is 0.0165. The molecular formula is C41H66N6O5. The number of amides is 5. The predicted octanol–water partition coefficient (Wildman–Crippen LogP) is 5.59. The lowest BCUT2D eigenvalue weighted by Crippen LogP contribution is -2.65. The quantitative estimate of drug-likeness (QED) is 0.183. The summed E-state index contributed by atoms with van der Waals surface area (Å²) in [5.74, 6) is -1.79. The Morgan fingerprint density at radius 3 is 2.10 bits per heavy atom. The van der Waals surface area contributed by atoms with E-state index in [4.69, 9.17) is 4.99 Å². The molecule has 6 rings (SSSR count). The molecule has 0 aromatic heterocycles. The van der Waals surface area contributed by atoms with E-state index in [0.717, 1.165) is 95.6 Å². The van der Waals surface area contributed by atoms with Crippen LogP contribution in [-0.4, -0.2) is 82.4 Å². The summed E-state index contributed by atoms with van der Waals surface area (Å²) in [5.41, 5.74) is -0.0346. The van der Waals surface area contributed by atoms with E-state index in [0.29, 0.717) is 19.4 Å². The third-order valence-corrected chi connectivity index (χ3v) is 13.5. The zero-order valence-corrected chi connectivity index (χ0v) is 33.0. The Balaban J connectivity index is 1.25. The SMILES string of the molecule is CCCCC(NC(=O)C1C2C(CN1C(=O)C(NC(=O)NC1(C3N=C3C(C)(C)C)CCCCC1)C1(C)CCCCC1)CC2(C)C)C(=O)C(=O)NC1CC1. The van der Waals surface area contributed by atoms with Crippen molar-refractivity contribution in [2.24, 2.45) is 33.1 Å². The lowest BCUT2D eigenvalue weighted by atomic mass is 9.55. The van der Waals surface area contributed by atoms with Crippen LogP contribution in [0.3, 0.4) is 0 Å². The standard InChI is InChI=1S/C41H66N6O5/c1-8-9-16-27(30(48)35(50)42-26-17-18-26)43-34(49)29-28-25(23-39(28,5)6)24-47(29)36(51)33(40(7)19-12-10-13-20-40)45-37(52)46-41(21-14-11-15-22-41)32-31(44-32)38(2,3)4/h25-29,32-33H,8-24H2,1-7H3,(H,42,50)(H,43,49)(H2,45,46,52). The molecule has 2 heterocycles. The number of rotatable bonds is 13. The number of Topliss-reactive ketones (excluding diaryl/α,β-unsaturated/α-hetero) is 1. The van der Waals surface area contributed by atoms with Crippen molar-refractivity contribution in [3.8, 4) is 0 Å². The van der Waals surface area contributed by atoms with Gasteiger partial charge in [0, 0.05) is 23.7 Å². The fourth-order valence-electron chi connectivity index (χ4n) is 10.4. The number of likely N-dealkylation sites (tertiary alicyclic amines) is 1. The molecule has 0 aromatic carbocycles. The summed E-state index contributed by atoms with van der Waals surface area (Å²) in [4.78, 5) is 76.7. The number of unbranched alkanes of at least 4 members (excludes halogenated alkanes) is 1. The van der Waals surface area contributed by atoms with Crippen LogP contribution >= 0.6 is 0 Å². The molecule has 4 saturated carbocycles. The first-order valence-electron chi connectivity index (χ1n) is 20.6. The second-order valence-corrected chi connectivity index (χ2v) is 19.4. The number of carbonyl (C=O) groups is 5. The van der Waals surface area contributed by atoms with Crippen LogP contribution in [0.5, 0.6) is 0 Å². The Morgan fingerprint density at radius 1 is 0.904 bits per heavy atom. The maximum atomic E-state index is 15.1. The molecule has 11 heteroatoms. The molecule has 52 heavy (non-hydrogen) atoms. The molecule has 0 aromatic rings. The van der Waals surface area contributed by atoms with E-state index in [1.165, 1.54) is 0 Å². The van der Waals surface area contributed by atoms with Gasteiger partial charge < -0.3 is 26.2 Å². The fraction of sp³-hybridized carbons (Fsp3) is 0.854. The van der Waals surface area contributed by atoms with E-state index in [-0.39, 0.29) is 52.6 Å². The van der Waals surface area contributed by atoms with E-state index in [9.17, 15) is 19.2 Å². The Bertz CT molecular complexity index is 1430. The minimum Gasteiger partial charge on any atom is -0.347 e. The number of carbonyl (C=O) groups excluding carboxylic acids is 5. The fourth-order valence-corrected chi connectivity index (χ4v) is 10.4. The molecule has 6 aliphatic rings. The summed E-state index contributed by atoms with van der Waals surface area (Å²) in [5, 5.41) is 12.4. The van der Waals surface area contributed by atoms with Crippen LogP contribution < -0.4 is 21.3 Å². The largest absolute Gasteiger partial charge is 0.347 e. The Labute approximate surface area is 311 Å². The van der Waals surface area contributed by atoms with Gasteiger partial charge in [0.15, 0.2) is 0 Å². The molecular weight excluding hydrogens is 656 g/mol. The van der Waals surface area contributed by atoms with E-state index >= 15 is 4.79 Å². The number of aliphatic imine (C=N–C) groups is 1. The Kier molecular flexibility index (Phi) is 10.9. The molecule has 4 N–H and O–H groups in total. The number of nitrogens with zero attached hydrogens (tertiary/aromatic N) is 2. The van der Waals surface area contributed by atoms with Crippen molar-refractivity contribution in [2.75, 3.05) is 6.54 Å². The zero-order valence-electron chi connectivity index (χ0n) is 33.0. The maximum Gasteiger partial charge on any atom is 0.315 e. The summed E-state index contributed by atoms with van der Waals surface area (Å²) >= 11 is 0. The van der Waals surface area contributed by atoms with Gasteiger partial charge in [-0.15, -0.1) is 0 Å². The molecule has 290 valence electrons. The average Bonchev–Trinajstić information content (AvgIpc) is 4.02. The van der Waals surface area contributed by atoms with Gasteiger partial charge in [-0.1, -0.05) is 99.8 Å². The van der Waals surface area contributed by atoms with Crippen molar-refractivity contribution in [1.29, 1.82) is 0 Å². The van der Waals surface area contributed by atoms with Gasteiger partial charge in [0.2, 0.25) is 17.6 Å². The third-order valence-electron chi connectivity index (χ3n) is 13.5. The molecule has 5 fully saturated rings. The van der Waals surface area contributed by atoms with Crippen LogP contribution in [0.15, 0.2) is 4.99 Å². The van der Waals surface area contributed by atoms with E-state index in [2.05, 4.69) is 62.8 Å². The highest BCUT2D eigenvalue weighted by atomic mass is 16.2. The minimum atomic E-state index is -0.949. The molecule has 5 amide bonds. The number of urea groups is 1. The first-order chi connectivity index (χ1) is 24.5. The molecule has 11 nitrogen and oxygen atoms in total. The van der Waals surface area contributed by atoms with E-state index < -0.39 is 40.8 Å². The highest BCUT2D eigenvalue weighted by molar-refractivity contribution is 6.38. The van der Waals surface area contributed by atoms with Crippen molar-refractivity contribution in [3.63, 3.8) is 0 Å².